The minimum Gasteiger partial charge on any atom is -0.346 e. The van der Waals surface area contributed by atoms with Crippen LogP contribution in [0.3, 0.4) is 0 Å². The molecule has 1 aromatic heterocycles. The quantitative estimate of drug-likeness (QED) is 0.783. The fourth-order valence-electron chi connectivity index (χ4n) is 3.20. The van der Waals surface area contributed by atoms with Crippen molar-refractivity contribution in [2.75, 3.05) is 5.32 Å². The zero-order chi connectivity index (χ0) is 16.7. The molecule has 1 aliphatic heterocycles. The Morgan fingerprint density at radius 3 is 2.54 bits per heavy atom. The van der Waals surface area contributed by atoms with Gasteiger partial charge in [0.2, 0.25) is 5.95 Å². The number of tetrazole rings is 1. The summed E-state index contributed by atoms with van der Waals surface area (Å²) in [5.41, 5.74) is 4.74. The Bertz CT molecular complexity index is 871. The maximum absolute atomic E-state index is 13.3. The first kappa shape index (κ1) is 14.8. The summed E-state index contributed by atoms with van der Waals surface area (Å²) in [6.07, 6.45) is 0.798. The molecule has 6 heteroatoms. The molecule has 0 saturated carbocycles. The van der Waals surface area contributed by atoms with Gasteiger partial charge in [0.25, 0.3) is 0 Å². The Balaban J connectivity index is 1.72. The van der Waals surface area contributed by atoms with Gasteiger partial charge in [0, 0.05) is 0 Å². The molecule has 0 aliphatic carbocycles. The van der Waals surface area contributed by atoms with Crippen LogP contribution in [0.25, 0.3) is 0 Å². The van der Waals surface area contributed by atoms with Crippen LogP contribution in [0.2, 0.25) is 0 Å². The van der Waals surface area contributed by atoms with Crippen LogP contribution in [-0.2, 0) is 0 Å². The summed E-state index contributed by atoms with van der Waals surface area (Å²) in [5.74, 6) is 0.397. The average Bonchev–Trinajstić information content (AvgIpc) is 3.06. The van der Waals surface area contributed by atoms with Gasteiger partial charge in [-0.15, -0.1) is 0 Å². The maximum atomic E-state index is 13.3. The molecule has 2 atom stereocenters. The van der Waals surface area contributed by atoms with Crippen molar-refractivity contribution >= 4 is 5.95 Å². The standard InChI is InChI=1S/C18H18FN5/c1-11-3-4-14(9-12(11)2)16-10-17(13-5-7-15(19)8-6-13)24-18(20-16)21-22-23-24/h3-9,16-17H,10H2,1-2H3,(H,20,21,23)/t16-,17-/m0/s1. The molecule has 0 bridgehead atoms. The van der Waals surface area contributed by atoms with Crippen molar-refractivity contribution in [3.63, 3.8) is 0 Å². The minimum absolute atomic E-state index is 0.0246. The highest BCUT2D eigenvalue weighted by Gasteiger charge is 2.30. The van der Waals surface area contributed by atoms with Gasteiger partial charge in [0.1, 0.15) is 5.82 Å². The number of halogens is 1. The molecule has 3 aromatic rings. The Morgan fingerprint density at radius 2 is 1.79 bits per heavy atom. The van der Waals surface area contributed by atoms with Crippen LogP contribution in [0, 0.1) is 19.7 Å². The van der Waals surface area contributed by atoms with Crippen LogP contribution < -0.4 is 5.32 Å². The number of fused-ring (bicyclic) bond motifs is 1. The van der Waals surface area contributed by atoms with Gasteiger partial charge >= 0.3 is 0 Å². The monoisotopic (exact) mass is 323 g/mol. The van der Waals surface area contributed by atoms with E-state index in [2.05, 4.69) is 52.9 Å². The van der Waals surface area contributed by atoms with E-state index in [9.17, 15) is 4.39 Å². The lowest BCUT2D eigenvalue weighted by Gasteiger charge is -2.31. The first-order chi connectivity index (χ1) is 11.6. The van der Waals surface area contributed by atoms with Crippen molar-refractivity contribution in [1.82, 2.24) is 20.2 Å². The predicted octanol–water partition coefficient (Wildman–Crippen LogP) is 3.58. The summed E-state index contributed by atoms with van der Waals surface area (Å²) < 4.78 is 15.0. The summed E-state index contributed by atoms with van der Waals surface area (Å²) in [7, 11) is 0. The van der Waals surface area contributed by atoms with Crippen LogP contribution in [0.15, 0.2) is 42.5 Å². The van der Waals surface area contributed by atoms with Gasteiger partial charge in [-0.25, -0.2) is 9.07 Å². The Hall–Kier alpha value is -2.76. The van der Waals surface area contributed by atoms with E-state index in [1.54, 1.807) is 16.8 Å². The lowest BCUT2D eigenvalue weighted by Crippen LogP contribution is -2.28. The Morgan fingerprint density at radius 1 is 1.04 bits per heavy atom. The molecule has 24 heavy (non-hydrogen) atoms. The zero-order valence-electron chi connectivity index (χ0n) is 13.6. The Labute approximate surface area is 139 Å². The fraction of sp³-hybridized carbons (Fsp3) is 0.278. The van der Waals surface area contributed by atoms with Crippen LogP contribution in [0.1, 0.15) is 40.8 Å². The number of rotatable bonds is 2. The fourth-order valence-corrected chi connectivity index (χ4v) is 3.20. The van der Waals surface area contributed by atoms with E-state index < -0.39 is 0 Å². The smallest absolute Gasteiger partial charge is 0.243 e. The van der Waals surface area contributed by atoms with Gasteiger partial charge in [-0.05, 0) is 65.1 Å². The third-order valence-electron chi connectivity index (χ3n) is 4.74. The van der Waals surface area contributed by atoms with Crippen molar-refractivity contribution in [3.8, 4) is 0 Å². The summed E-state index contributed by atoms with van der Waals surface area (Å²) in [6, 6.07) is 13.1. The molecule has 0 unspecified atom stereocenters. The van der Waals surface area contributed by atoms with Crippen molar-refractivity contribution in [2.45, 2.75) is 32.4 Å². The predicted molar refractivity (Wildman–Crippen MR) is 89.3 cm³/mol. The summed E-state index contributed by atoms with van der Waals surface area (Å²) in [4.78, 5) is 0. The van der Waals surface area contributed by atoms with Crippen molar-refractivity contribution in [3.05, 3.63) is 70.5 Å². The number of nitrogens with zero attached hydrogens (tertiary/aromatic N) is 4. The largest absolute Gasteiger partial charge is 0.346 e. The number of hydrogen-bond acceptors (Lipinski definition) is 4. The molecule has 2 heterocycles. The normalized spacial score (nSPS) is 19.6. The molecule has 1 N–H and O–H groups in total. The molecule has 4 rings (SSSR count). The van der Waals surface area contributed by atoms with Gasteiger partial charge in [-0.3, -0.25) is 0 Å². The molecule has 5 nitrogen and oxygen atoms in total. The van der Waals surface area contributed by atoms with Crippen LogP contribution >= 0.6 is 0 Å². The lowest BCUT2D eigenvalue weighted by atomic mass is 9.92. The third-order valence-corrected chi connectivity index (χ3v) is 4.74. The number of anilines is 1. The second kappa shape index (κ2) is 5.70. The third kappa shape index (κ3) is 2.54. The lowest BCUT2D eigenvalue weighted by molar-refractivity contribution is 0.423. The van der Waals surface area contributed by atoms with Gasteiger partial charge < -0.3 is 5.32 Å². The van der Waals surface area contributed by atoms with E-state index >= 15 is 0 Å². The van der Waals surface area contributed by atoms with E-state index in [0.29, 0.717) is 5.95 Å². The van der Waals surface area contributed by atoms with Gasteiger partial charge in [-0.1, -0.05) is 35.4 Å². The van der Waals surface area contributed by atoms with Gasteiger partial charge in [-0.2, -0.15) is 0 Å². The number of aromatic nitrogens is 4. The first-order valence-corrected chi connectivity index (χ1v) is 7.99. The molecule has 0 amide bonds. The van der Waals surface area contributed by atoms with Crippen LogP contribution in [-0.4, -0.2) is 20.2 Å². The number of hydrogen-bond donors (Lipinski definition) is 1. The maximum Gasteiger partial charge on any atom is 0.243 e. The molecule has 0 saturated heterocycles. The second-order valence-corrected chi connectivity index (χ2v) is 6.29. The van der Waals surface area contributed by atoms with Crippen molar-refractivity contribution in [1.29, 1.82) is 0 Å². The van der Waals surface area contributed by atoms with E-state index in [1.165, 1.54) is 28.8 Å². The second-order valence-electron chi connectivity index (χ2n) is 6.29. The SMILES string of the molecule is Cc1ccc([C@@H]2C[C@@H](c3ccc(F)cc3)n3nnnc3N2)cc1C. The molecular weight excluding hydrogens is 305 g/mol. The molecule has 0 fully saturated rings. The van der Waals surface area contributed by atoms with E-state index in [1.807, 2.05) is 0 Å². The first-order valence-electron chi connectivity index (χ1n) is 7.99. The van der Waals surface area contributed by atoms with Gasteiger partial charge in [0.05, 0.1) is 12.1 Å². The highest BCUT2D eigenvalue weighted by Crippen LogP contribution is 2.37. The van der Waals surface area contributed by atoms with E-state index in [-0.39, 0.29) is 17.9 Å². The van der Waals surface area contributed by atoms with Crippen molar-refractivity contribution < 1.29 is 4.39 Å². The van der Waals surface area contributed by atoms with Crippen molar-refractivity contribution in [2.24, 2.45) is 0 Å². The molecule has 122 valence electrons. The molecular formula is C18H18FN5. The number of aryl methyl sites for hydroxylation is 2. The highest BCUT2D eigenvalue weighted by molar-refractivity contribution is 5.40. The van der Waals surface area contributed by atoms with E-state index in [4.69, 9.17) is 0 Å². The highest BCUT2D eigenvalue weighted by atomic mass is 19.1. The van der Waals surface area contributed by atoms with Gasteiger partial charge in [0.15, 0.2) is 0 Å². The summed E-state index contributed by atoms with van der Waals surface area (Å²) in [5, 5.41) is 15.4. The Kier molecular flexibility index (Phi) is 3.52. The molecule has 0 spiro atoms. The molecule has 0 radical (unpaired) electrons. The summed E-state index contributed by atoms with van der Waals surface area (Å²) >= 11 is 0. The summed E-state index contributed by atoms with van der Waals surface area (Å²) in [6.45, 7) is 4.22. The zero-order valence-corrected chi connectivity index (χ0v) is 13.6. The number of benzene rings is 2. The molecule has 1 aliphatic rings. The minimum atomic E-state index is -0.240. The average molecular weight is 323 g/mol. The molecule has 2 aromatic carbocycles. The van der Waals surface area contributed by atoms with E-state index in [0.717, 1.165) is 12.0 Å². The van der Waals surface area contributed by atoms with Crippen LogP contribution in [0.4, 0.5) is 10.3 Å². The van der Waals surface area contributed by atoms with Crippen LogP contribution in [0.5, 0.6) is 0 Å². The number of nitrogens with one attached hydrogen (secondary N) is 1. The topological polar surface area (TPSA) is 55.6 Å².